The molecule has 0 aromatic rings. The number of hydrogen-bond acceptors (Lipinski definition) is 4. The van der Waals surface area contributed by atoms with Crippen LogP contribution < -0.4 is 0 Å². The van der Waals surface area contributed by atoms with Crippen molar-refractivity contribution in [2.75, 3.05) is 53.9 Å². The zero-order valence-corrected chi connectivity index (χ0v) is 13.0. The van der Waals surface area contributed by atoms with Crippen molar-refractivity contribution in [2.45, 2.75) is 0 Å². The van der Waals surface area contributed by atoms with Crippen LogP contribution in [0.2, 0.25) is 0 Å². The molecule has 13 heavy (non-hydrogen) atoms. The maximum atomic E-state index is 5.16. The van der Waals surface area contributed by atoms with Crippen LogP contribution in [-0.4, -0.2) is 103 Å². The molecule has 0 bridgehead atoms. The molecule has 0 N–H and O–H groups in total. The third kappa shape index (κ3) is 16.1. The van der Waals surface area contributed by atoms with E-state index in [0.717, 1.165) is 0 Å². The van der Waals surface area contributed by atoms with Crippen LogP contribution in [0.4, 0.5) is 0 Å². The molecule has 0 atom stereocenters. The fourth-order valence-corrected chi connectivity index (χ4v) is 0.606. The molecule has 78 valence electrons. The van der Waals surface area contributed by atoms with Gasteiger partial charge >= 0.3 is 48.9 Å². The van der Waals surface area contributed by atoms with Crippen LogP contribution >= 0.6 is 0 Å². The number of ether oxygens (including phenoxy) is 4. The molecular weight excluding hydrogens is 297 g/mol. The molecule has 4 nitrogen and oxygen atoms in total. The summed E-state index contributed by atoms with van der Waals surface area (Å²) in [4.78, 5) is 0. The van der Waals surface area contributed by atoms with Crippen molar-refractivity contribution < 1.29 is 21.8 Å². The maximum absolute atomic E-state index is 5.16. The number of hydrogen-bond donors (Lipinski definition) is 0. The quantitative estimate of drug-likeness (QED) is 0.448. The minimum Gasteiger partial charge on any atom is -1.00 e. The molecule has 0 aliphatic heterocycles. The van der Waals surface area contributed by atoms with Crippen molar-refractivity contribution >= 4 is 48.9 Å². The van der Waals surface area contributed by atoms with Gasteiger partial charge in [-0.15, -0.1) is 0 Å². The Morgan fingerprint density at radius 1 is 0.692 bits per heavy atom. The minimum absolute atomic E-state index is 0. The molecule has 0 spiro atoms. The molecular formula is C8H20BaO4. The molecule has 0 aliphatic carbocycles. The second kappa shape index (κ2) is 15.9. The summed E-state index contributed by atoms with van der Waals surface area (Å²) < 4.78 is 19.9. The summed E-state index contributed by atoms with van der Waals surface area (Å²) in [7, 11) is 3.30. The van der Waals surface area contributed by atoms with E-state index in [9.17, 15) is 0 Å². The molecule has 0 aromatic carbocycles. The fraction of sp³-hybridized carbons (Fsp3) is 1.00. The zero-order chi connectivity index (χ0) is 9.07. The van der Waals surface area contributed by atoms with Crippen molar-refractivity contribution in [2.24, 2.45) is 0 Å². The summed E-state index contributed by atoms with van der Waals surface area (Å²) in [5.41, 5.74) is 0. The van der Waals surface area contributed by atoms with E-state index in [2.05, 4.69) is 0 Å². The first-order chi connectivity index (χ1) is 5.91. The summed E-state index contributed by atoms with van der Waals surface area (Å²) in [6.07, 6.45) is 0. The van der Waals surface area contributed by atoms with Gasteiger partial charge in [0.1, 0.15) is 0 Å². The molecule has 0 saturated carbocycles. The van der Waals surface area contributed by atoms with E-state index in [1.54, 1.807) is 14.2 Å². The van der Waals surface area contributed by atoms with Crippen molar-refractivity contribution in [3.63, 3.8) is 0 Å². The Morgan fingerprint density at radius 3 is 1.31 bits per heavy atom. The molecule has 0 rings (SSSR count). The van der Waals surface area contributed by atoms with Crippen LogP contribution in [0.25, 0.3) is 0 Å². The molecule has 0 saturated heterocycles. The Kier molecular flexibility index (Phi) is 20.5. The smallest absolute Gasteiger partial charge is 1.00 e. The molecule has 5 heteroatoms. The third-order valence-electron chi connectivity index (χ3n) is 1.24. The van der Waals surface area contributed by atoms with E-state index in [0.29, 0.717) is 39.6 Å². The van der Waals surface area contributed by atoms with Gasteiger partial charge in [0.25, 0.3) is 0 Å². The van der Waals surface area contributed by atoms with E-state index < -0.39 is 0 Å². The first-order valence-electron chi connectivity index (χ1n) is 4.05. The zero-order valence-electron chi connectivity index (χ0n) is 10.6. The second-order valence-electron chi connectivity index (χ2n) is 2.21. The van der Waals surface area contributed by atoms with Gasteiger partial charge in [-0.1, -0.05) is 0 Å². The van der Waals surface area contributed by atoms with E-state index in [1.807, 2.05) is 0 Å². The average molecular weight is 318 g/mol. The summed E-state index contributed by atoms with van der Waals surface area (Å²) in [6, 6.07) is 0. The van der Waals surface area contributed by atoms with Gasteiger partial charge in [-0.05, 0) is 0 Å². The first-order valence-corrected chi connectivity index (χ1v) is 4.05. The molecule has 0 amide bonds. The number of methoxy groups -OCH3 is 2. The monoisotopic (exact) mass is 318 g/mol. The van der Waals surface area contributed by atoms with Crippen molar-refractivity contribution in [3.05, 3.63) is 0 Å². The van der Waals surface area contributed by atoms with Crippen LogP contribution in [0.15, 0.2) is 0 Å². The maximum Gasteiger partial charge on any atom is 2.00 e. The molecule has 0 radical (unpaired) electrons. The summed E-state index contributed by atoms with van der Waals surface area (Å²) >= 11 is 0. The Bertz CT molecular complexity index is 81.0. The molecule has 0 fully saturated rings. The molecule has 0 aliphatic rings. The van der Waals surface area contributed by atoms with Crippen molar-refractivity contribution in [1.29, 1.82) is 0 Å². The SMILES string of the molecule is COCCOCCOCCOC.[Ba+2].[H-].[H-]. The van der Waals surface area contributed by atoms with E-state index >= 15 is 0 Å². The second-order valence-corrected chi connectivity index (χ2v) is 2.21. The van der Waals surface area contributed by atoms with Gasteiger partial charge in [-0.2, -0.15) is 0 Å². The van der Waals surface area contributed by atoms with Crippen LogP contribution in [0.5, 0.6) is 0 Å². The van der Waals surface area contributed by atoms with Crippen LogP contribution in [0.3, 0.4) is 0 Å². The van der Waals surface area contributed by atoms with E-state index in [1.165, 1.54) is 0 Å². The number of rotatable bonds is 9. The van der Waals surface area contributed by atoms with Crippen molar-refractivity contribution in [3.8, 4) is 0 Å². The Labute approximate surface area is 123 Å². The predicted molar refractivity (Wildman–Crippen MR) is 53.4 cm³/mol. The predicted octanol–water partition coefficient (Wildman–Crippen LogP) is 0.157. The summed E-state index contributed by atoms with van der Waals surface area (Å²) in [6.45, 7) is 3.77. The molecule has 0 aromatic heterocycles. The largest absolute Gasteiger partial charge is 2.00 e. The van der Waals surface area contributed by atoms with E-state index in [4.69, 9.17) is 18.9 Å². The minimum atomic E-state index is 0. The van der Waals surface area contributed by atoms with E-state index in [-0.39, 0.29) is 51.7 Å². The third-order valence-corrected chi connectivity index (χ3v) is 1.24. The van der Waals surface area contributed by atoms with Crippen LogP contribution in [0, 0.1) is 0 Å². The van der Waals surface area contributed by atoms with Gasteiger partial charge in [0.2, 0.25) is 0 Å². The van der Waals surface area contributed by atoms with Gasteiger partial charge in [0.05, 0.1) is 39.6 Å². The van der Waals surface area contributed by atoms with Gasteiger partial charge in [0.15, 0.2) is 0 Å². The summed E-state index contributed by atoms with van der Waals surface area (Å²) in [5, 5.41) is 0. The Balaban J connectivity index is -0.000000202. The standard InChI is InChI=1S/C8H18O4.Ba.2H/c1-9-3-5-11-7-8-12-6-4-10-2;;;/h3-8H2,1-2H3;;;/q;+2;2*-1. The average Bonchev–Trinajstić information content (AvgIpc) is 2.10. The topological polar surface area (TPSA) is 36.9 Å². The molecule has 0 heterocycles. The van der Waals surface area contributed by atoms with Gasteiger partial charge in [0, 0.05) is 14.2 Å². The van der Waals surface area contributed by atoms with Crippen LogP contribution in [0.1, 0.15) is 2.85 Å². The van der Waals surface area contributed by atoms with Gasteiger partial charge in [-0.25, -0.2) is 0 Å². The van der Waals surface area contributed by atoms with Crippen LogP contribution in [-0.2, 0) is 18.9 Å². The van der Waals surface area contributed by atoms with Crippen molar-refractivity contribution in [1.82, 2.24) is 0 Å². The fourth-order valence-electron chi connectivity index (χ4n) is 0.606. The van der Waals surface area contributed by atoms with Gasteiger partial charge in [-0.3, -0.25) is 0 Å². The summed E-state index contributed by atoms with van der Waals surface area (Å²) in [5.74, 6) is 0. The Hall–Kier alpha value is 1.41. The van der Waals surface area contributed by atoms with Gasteiger partial charge < -0.3 is 21.8 Å². The molecule has 0 unspecified atom stereocenters. The first kappa shape index (κ1) is 16.8. The Morgan fingerprint density at radius 2 is 1.00 bits per heavy atom. The normalized spacial score (nSPS) is 9.69.